The van der Waals surface area contributed by atoms with Gasteiger partial charge >= 0.3 is 0 Å². The van der Waals surface area contributed by atoms with Gasteiger partial charge in [-0.1, -0.05) is 26.8 Å². The molecule has 1 heterocycles. The maximum atomic E-state index is 6.02. The van der Waals surface area contributed by atoms with Crippen LogP contribution >= 0.6 is 0 Å². The number of nitrogens with zero attached hydrogens (tertiary/aromatic N) is 2. The van der Waals surface area contributed by atoms with Crippen LogP contribution in [0.1, 0.15) is 39.8 Å². The van der Waals surface area contributed by atoms with Crippen molar-refractivity contribution in [2.45, 2.75) is 46.2 Å². The van der Waals surface area contributed by atoms with Crippen molar-refractivity contribution in [1.82, 2.24) is 9.88 Å². The average molecular weight is 249 g/mol. The first-order valence-electron chi connectivity index (χ1n) is 6.87. The quantitative estimate of drug-likeness (QED) is 0.808. The predicted molar refractivity (Wildman–Crippen MR) is 77.2 cm³/mol. The van der Waals surface area contributed by atoms with Crippen LogP contribution in [0.5, 0.6) is 0 Å². The maximum Gasteiger partial charge on any atom is 0.0544 e. The van der Waals surface area contributed by atoms with Crippen molar-refractivity contribution in [3.63, 3.8) is 0 Å². The van der Waals surface area contributed by atoms with Gasteiger partial charge in [0, 0.05) is 24.8 Å². The van der Waals surface area contributed by atoms with E-state index in [1.807, 2.05) is 18.3 Å². The minimum Gasteiger partial charge on any atom is -0.329 e. The second-order valence-electron chi connectivity index (χ2n) is 5.63. The second kappa shape index (κ2) is 6.86. The Morgan fingerprint density at radius 2 is 2.11 bits per heavy atom. The second-order valence-corrected chi connectivity index (χ2v) is 5.63. The monoisotopic (exact) mass is 249 g/mol. The van der Waals surface area contributed by atoms with Gasteiger partial charge in [0.25, 0.3) is 0 Å². The summed E-state index contributed by atoms with van der Waals surface area (Å²) in [5.41, 5.74) is 7.19. The van der Waals surface area contributed by atoms with Crippen molar-refractivity contribution in [3.8, 4) is 0 Å². The van der Waals surface area contributed by atoms with Crippen molar-refractivity contribution in [2.24, 2.45) is 11.7 Å². The Kier molecular flexibility index (Phi) is 5.76. The number of hydrogen-bond donors (Lipinski definition) is 1. The molecule has 0 saturated heterocycles. The molecule has 102 valence electrons. The molecule has 3 nitrogen and oxygen atoms in total. The first kappa shape index (κ1) is 15.1. The van der Waals surface area contributed by atoms with Gasteiger partial charge in [-0.05, 0) is 37.9 Å². The van der Waals surface area contributed by atoms with Gasteiger partial charge in [-0.25, -0.2) is 0 Å². The highest BCUT2D eigenvalue weighted by molar-refractivity contribution is 5.04. The summed E-state index contributed by atoms with van der Waals surface area (Å²) >= 11 is 0. The molecule has 0 bridgehead atoms. The van der Waals surface area contributed by atoms with E-state index < -0.39 is 0 Å². The largest absolute Gasteiger partial charge is 0.329 e. The van der Waals surface area contributed by atoms with Gasteiger partial charge in [0.2, 0.25) is 0 Å². The highest BCUT2D eigenvalue weighted by atomic mass is 15.2. The molecular weight excluding hydrogens is 222 g/mol. The molecule has 1 unspecified atom stereocenters. The number of nitrogens with two attached hydrogens (primary N) is 1. The minimum absolute atomic E-state index is 0.0560. The molecule has 0 radical (unpaired) electrons. The van der Waals surface area contributed by atoms with Gasteiger partial charge < -0.3 is 5.73 Å². The summed E-state index contributed by atoms with van der Waals surface area (Å²) in [6.45, 7) is 11.5. The molecule has 1 aromatic rings. The SMILES string of the molecule is CCN(Cc1ccccn1)C(C)(CN)CC(C)C. The van der Waals surface area contributed by atoms with E-state index in [0.717, 1.165) is 25.2 Å². The molecule has 0 amide bonds. The highest BCUT2D eigenvalue weighted by Gasteiger charge is 2.30. The lowest BCUT2D eigenvalue weighted by Gasteiger charge is -2.41. The summed E-state index contributed by atoms with van der Waals surface area (Å²) in [6, 6.07) is 6.07. The molecule has 18 heavy (non-hydrogen) atoms. The predicted octanol–water partition coefficient (Wildman–Crippen LogP) is 2.67. The molecule has 1 atom stereocenters. The van der Waals surface area contributed by atoms with E-state index in [1.165, 1.54) is 0 Å². The topological polar surface area (TPSA) is 42.2 Å². The zero-order valence-corrected chi connectivity index (χ0v) is 12.2. The van der Waals surface area contributed by atoms with Crippen LogP contribution in [0.2, 0.25) is 0 Å². The molecule has 2 N–H and O–H groups in total. The summed E-state index contributed by atoms with van der Waals surface area (Å²) in [5, 5.41) is 0. The zero-order valence-electron chi connectivity index (χ0n) is 12.2. The molecule has 0 aliphatic carbocycles. The lowest BCUT2D eigenvalue weighted by Crippen LogP contribution is -2.52. The van der Waals surface area contributed by atoms with Gasteiger partial charge in [0.05, 0.1) is 5.69 Å². The number of rotatable bonds is 7. The third kappa shape index (κ3) is 4.07. The van der Waals surface area contributed by atoms with Gasteiger partial charge in [0.1, 0.15) is 0 Å². The van der Waals surface area contributed by atoms with Crippen LogP contribution in [0.25, 0.3) is 0 Å². The lowest BCUT2D eigenvalue weighted by molar-refractivity contribution is 0.0856. The summed E-state index contributed by atoms with van der Waals surface area (Å²) in [7, 11) is 0. The fraction of sp³-hybridized carbons (Fsp3) is 0.667. The smallest absolute Gasteiger partial charge is 0.0544 e. The molecule has 0 saturated carbocycles. The van der Waals surface area contributed by atoms with Crippen LogP contribution in [0.3, 0.4) is 0 Å². The van der Waals surface area contributed by atoms with Crippen molar-refractivity contribution in [2.75, 3.05) is 13.1 Å². The van der Waals surface area contributed by atoms with E-state index in [2.05, 4.69) is 43.6 Å². The van der Waals surface area contributed by atoms with E-state index >= 15 is 0 Å². The highest BCUT2D eigenvalue weighted by Crippen LogP contribution is 2.24. The van der Waals surface area contributed by atoms with E-state index in [4.69, 9.17) is 5.73 Å². The van der Waals surface area contributed by atoms with E-state index in [9.17, 15) is 0 Å². The Bertz CT molecular complexity index is 337. The van der Waals surface area contributed by atoms with Crippen molar-refractivity contribution < 1.29 is 0 Å². The fourth-order valence-corrected chi connectivity index (χ4v) is 2.59. The van der Waals surface area contributed by atoms with E-state index in [0.29, 0.717) is 12.5 Å². The maximum absolute atomic E-state index is 6.02. The average Bonchev–Trinajstić information content (AvgIpc) is 2.36. The van der Waals surface area contributed by atoms with E-state index in [1.54, 1.807) is 0 Å². The first-order valence-corrected chi connectivity index (χ1v) is 6.87. The van der Waals surface area contributed by atoms with Crippen molar-refractivity contribution in [3.05, 3.63) is 30.1 Å². The van der Waals surface area contributed by atoms with Crippen LogP contribution < -0.4 is 5.73 Å². The normalized spacial score (nSPS) is 15.1. The molecule has 1 aromatic heterocycles. The van der Waals surface area contributed by atoms with Gasteiger partial charge in [-0.2, -0.15) is 0 Å². The van der Waals surface area contributed by atoms with Gasteiger partial charge in [0.15, 0.2) is 0 Å². The van der Waals surface area contributed by atoms with Crippen LogP contribution in [0.4, 0.5) is 0 Å². The Morgan fingerprint density at radius 3 is 2.56 bits per heavy atom. The third-order valence-corrected chi connectivity index (χ3v) is 3.51. The van der Waals surface area contributed by atoms with Crippen LogP contribution in [0, 0.1) is 5.92 Å². The summed E-state index contributed by atoms with van der Waals surface area (Å²) in [5.74, 6) is 0.649. The molecule has 3 heteroatoms. The van der Waals surface area contributed by atoms with E-state index in [-0.39, 0.29) is 5.54 Å². The van der Waals surface area contributed by atoms with Gasteiger partial charge in [-0.3, -0.25) is 9.88 Å². The number of likely N-dealkylation sites (N-methyl/N-ethyl adjacent to an activating group) is 1. The minimum atomic E-state index is 0.0560. The third-order valence-electron chi connectivity index (χ3n) is 3.51. The summed E-state index contributed by atoms with van der Waals surface area (Å²) < 4.78 is 0. The summed E-state index contributed by atoms with van der Waals surface area (Å²) in [6.07, 6.45) is 2.97. The Morgan fingerprint density at radius 1 is 1.39 bits per heavy atom. The standard InChI is InChI=1S/C15H27N3/c1-5-18(11-14-8-6-7-9-17-14)15(4,12-16)10-13(2)3/h6-9,13H,5,10-12,16H2,1-4H3. The molecule has 0 fully saturated rings. The van der Waals surface area contributed by atoms with Crippen LogP contribution in [0.15, 0.2) is 24.4 Å². The molecule has 0 aliphatic rings. The molecule has 1 rings (SSSR count). The molecule has 0 spiro atoms. The van der Waals surface area contributed by atoms with Crippen molar-refractivity contribution >= 4 is 0 Å². The number of hydrogen-bond acceptors (Lipinski definition) is 3. The number of aromatic nitrogens is 1. The Labute approximate surface area is 111 Å². The zero-order chi connectivity index (χ0) is 13.6. The number of pyridine rings is 1. The Hall–Kier alpha value is -0.930. The summed E-state index contributed by atoms with van der Waals surface area (Å²) in [4.78, 5) is 6.85. The molecule has 0 aliphatic heterocycles. The molecular formula is C15H27N3. The first-order chi connectivity index (χ1) is 8.51. The molecule has 0 aromatic carbocycles. The van der Waals surface area contributed by atoms with Gasteiger partial charge in [-0.15, -0.1) is 0 Å². The van der Waals surface area contributed by atoms with Crippen molar-refractivity contribution in [1.29, 1.82) is 0 Å². The lowest BCUT2D eigenvalue weighted by atomic mass is 9.88. The van der Waals surface area contributed by atoms with Crippen LogP contribution in [-0.2, 0) is 6.54 Å². The fourth-order valence-electron chi connectivity index (χ4n) is 2.59. The Balaban J connectivity index is 2.80. The van der Waals surface area contributed by atoms with Crippen LogP contribution in [-0.4, -0.2) is 28.5 Å².